The summed E-state index contributed by atoms with van der Waals surface area (Å²) in [7, 11) is -0.979. The highest BCUT2D eigenvalue weighted by atomic mass is 32.2. The highest BCUT2D eigenvalue weighted by molar-refractivity contribution is 7.92. The third-order valence-corrected chi connectivity index (χ3v) is 6.83. The summed E-state index contributed by atoms with van der Waals surface area (Å²) in [6.45, 7) is 7.20. The van der Waals surface area contributed by atoms with Crippen LogP contribution in [-0.4, -0.2) is 70.3 Å². The van der Waals surface area contributed by atoms with Crippen LogP contribution in [0.2, 0.25) is 0 Å². The Morgan fingerprint density at radius 3 is 2.19 bits per heavy atom. The number of sulfonamides is 1. The number of hydrogen-bond donors (Lipinski definition) is 1. The highest BCUT2D eigenvalue weighted by Crippen LogP contribution is 2.33. The Morgan fingerprint density at radius 1 is 1.03 bits per heavy atom. The Kier molecular flexibility index (Phi) is 10.4. The number of rotatable bonds is 12. The number of ether oxygens (including phenoxy) is 2. The molecule has 0 bridgehead atoms. The first-order valence-electron chi connectivity index (χ1n) is 12.2. The number of nitrogens with one attached hydrogen (secondary N) is 1. The largest absolute Gasteiger partial charge is 0.497 e. The van der Waals surface area contributed by atoms with Crippen LogP contribution in [0.5, 0.6) is 11.5 Å². The van der Waals surface area contributed by atoms with E-state index in [1.807, 2.05) is 58.0 Å². The Hall–Kier alpha value is -3.27. The molecule has 37 heavy (non-hydrogen) atoms. The van der Waals surface area contributed by atoms with Gasteiger partial charge in [-0.1, -0.05) is 37.3 Å². The van der Waals surface area contributed by atoms with Gasteiger partial charge in [-0.15, -0.1) is 0 Å². The average Bonchev–Trinajstić information content (AvgIpc) is 2.83. The predicted molar refractivity (Wildman–Crippen MR) is 146 cm³/mol. The fourth-order valence-corrected chi connectivity index (χ4v) is 4.79. The van der Waals surface area contributed by atoms with Crippen molar-refractivity contribution in [3.63, 3.8) is 0 Å². The van der Waals surface area contributed by atoms with E-state index in [2.05, 4.69) is 5.32 Å². The normalized spacial score (nSPS) is 12.4. The van der Waals surface area contributed by atoms with E-state index in [1.54, 1.807) is 12.1 Å². The summed E-state index contributed by atoms with van der Waals surface area (Å²) in [4.78, 5) is 28.4. The molecule has 0 aliphatic carbocycles. The van der Waals surface area contributed by atoms with Gasteiger partial charge in [0.1, 0.15) is 24.1 Å². The minimum Gasteiger partial charge on any atom is -0.497 e. The molecule has 1 N–H and O–H groups in total. The molecule has 10 heteroatoms. The SMILES string of the molecule is CCC(C(=O)NC(C)(C)C)N(CCc1ccccc1)C(=O)CN(c1ccc(OC)cc1OC)S(C)(=O)=O. The summed E-state index contributed by atoms with van der Waals surface area (Å²) in [6.07, 6.45) is 1.91. The third kappa shape index (κ3) is 8.66. The van der Waals surface area contributed by atoms with Crippen LogP contribution in [0, 0.1) is 0 Å². The predicted octanol–water partition coefficient (Wildman–Crippen LogP) is 3.23. The number of benzene rings is 2. The van der Waals surface area contributed by atoms with Crippen molar-refractivity contribution in [3.05, 3.63) is 54.1 Å². The molecular weight excluding hydrogens is 494 g/mol. The number of carbonyl (C=O) groups is 2. The van der Waals surface area contributed by atoms with Crippen LogP contribution < -0.4 is 19.1 Å². The molecule has 0 aliphatic heterocycles. The van der Waals surface area contributed by atoms with Crippen molar-refractivity contribution in [2.24, 2.45) is 0 Å². The number of carbonyl (C=O) groups excluding carboxylic acids is 2. The molecule has 0 fully saturated rings. The minimum absolute atomic E-state index is 0.203. The van der Waals surface area contributed by atoms with Crippen molar-refractivity contribution in [2.45, 2.75) is 52.1 Å². The van der Waals surface area contributed by atoms with Crippen molar-refractivity contribution in [1.82, 2.24) is 10.2 Å². The van der Waals surface area contributed by atoms with Crippen LogP contribution in [0.3, 0.4) is 0 Å². The maximum atomic E-state index is 13.8. The molecule has 2 aromatic carbocycles. The van der Waals surface area contributed by atoms with E-state index >= 15 is 0 Å². The molecule has 204 valence electrons. The van der Waals surface area contributed by atoms with Crippen molar-refractivity contribution in [3.8, 4) is 11.5 Å². The smallest absolute Gasteiger partial charge is 0.244 e. The van der Waals surface area contributed by atoms with Crippen LogP contribution in [0.1, 0.15) is 39.7 Å². The highest BCUT2D eigenvalue weighted by Gasteiger charge is 2.33. The second-order valence-corrected chi connectivity index (χ2v) is 11.7. The summed E-state index contributed by atoms with van der Waals surface area (Å²) in [5, 5.41) is 2.95. The number of amides is 2. The van der Waals surface area contributed by atoms with E-state index in [1.165, 1.54) is 25.2 Å². The lowest BCUT2D eigenvalue weighted by molar-refractivity contribution is -0.140. The van der Waals surface area contributed by atoms with E-state index in [4.69, 9.17) is 9.47 Å². The topological polar surface area (TPSA) is 105 Å². The lowest BCUT2D eigenvalue weighted by atomic mass is 10.1. The molecule has 0 saturated carbocycles. The Bertz CT molecular complexity index is 1160. The van der Waals surface area contributed by atoms with E-state index < -0.39 is 34.1 Å². The van der Waals surface area contributed by atoms with Gasteiger partial charge in [-0.05, 0) is 51.3 Å². The average molecular weight is 534 g/mol. The molecule has 2 aromatic rings. The zero-order valence-corrected chi connectivity index (χ0v) is 23.6. The van der Waals surface area contributed by atoms with Crippen LogP contribution in [0.4, 0.5) is 5.69 Å². The molecule has 0 spiro atoms. The zero-order valence-electron chi connectivity index (χ0n) is 22.8. The van der Waals surface area contributed by atoms with Gasteiger partial charge in [0, 0.05) is 18.2 Å². The van der Waals surface area contributed by atoms with Crippen LogP contribution in [0.15, 0.2) is 48.5 Å². The summed E-state index contributed by atoms with van der Waals surface area (Å²) >= 11 is 0. The van der Waals surface area contributed by atoms with Crippen molar-refractivity contribution >= 4 is 27.5 Å². The summed E-state index contributed by atoms with van der Waals surface area (Å²) in [6, 6.07) is 13.5. The van der Waals surface area contributed by atoms with Gasteiger partial charge in [0.05, 0.1) is 26.2 Å². The van der Waals surface area contributed by atoms with Gasteiger partial charge in [-0.3, -0.25) is 13.9 Å². The maximum absolute atomic E-state index is 13.8. The van der Waals surface area contributed by atoms with Gasteiger partial charge in [0.15, 0.2) is 0 Å². The molecule has 2 rings (SSSR count). The lowest BCUT2D eigenvalue weighted by Crippen LogP contribution is -2.56. The van der Waals surface area contributed by atoms with Gasteiger partial charge in [-0.2, -0.15) is 0 Å². The number of hydrogen-bond acceptors (Lipinski definition) is 6. The monoisotopic (exact) mass is 533 g/mol. The van der Waals surface area contributed by atoms with Gasteiger partial charge in [0.25, 0.3) is 0 Å². The summed E-state index contributed by atoms with van der Waals surface area (Å²) < 4.78 is 37.3. The van der Waals surface area contributed by atoms with E-state index in [0.29, 0.717) is 18.6 Å². The van der Waals surface area contributed by atoms with Crippen molar-refractivity contribution in [1.29, 1.82) is 0 Å². The molecule has 0 radical (unpaired) electrons. The lowest BCUT2D eigenvalue weighted by Gasteiger charge is -2.34. The van der Waals surface area contributed by atoms with Crippen molar-refractivity contribution in [2.75, 3.05) is 37.9 Å². The third-order valence-electron chi connectivity index (χ3n) is 5.70. The first kappa shape index (κ1) is 30.0. The maximum Gasteiger partial charge on any atom is 0.244 e. The Labute approximate surface area is 220 Å². The Morgan fingerprint density at radius 2 is 1.68 bits per heavy atom. The second-order valence-electron chi connectivity index (χ2n) is 9.79. The fourth-order valence-electron chi connectivity index (χ4n) is 3.93. The molecule has 0 heterocycles. The Balaban J connectivity index is 2.45. The molecular formula is C27H39N3O6S. The number of nitrogens with zero attached hydrogens (tertiary/aromatic N) is 2. The molecule has 0 saturated heterocycles. The standard InChI is InChI=1S/C27H39N3O6S/c1-8-22(26(32)28-27(2,3)4)29(17-16-20-12-10-9-11-13-20)25(31)19-30(37(7,33)34)23-15-14-21(35-5)18-24(23)36-6/h9-15,18,22H,8,16-17,19H2,1-7H3,(H,28,32). The summed E-state index contributed by atoms with van der Waals surface area (Å²) in [5.41, 5.74) is 0.714. The van der Waals surface area contributed by atoms with Gasteiger partial charge < -0.3 is 19.7 Å². The van der Waals surface area contributed by atoms with E-state index in [-0.39, 0.29) is 23.9 Å². The molecule has 2 amide bonds. The van der Waals surface area contributed by atoms with Crippen molar-refractivity contribution < 1.29 is 27.5 Å². The number of anilines is 1. The first-order valence-corrected chi connectivity index (χ1v) is 14.0. The molecule has 0 aromatic heterocycles. The first-order chi connectivity index (χ1) is 17.3. The molecule has 1 atom stereocenters. The van der Waals surface area contributed by atoms with Crippen LogP contribution in [-0.2, 0) is 26.0 Å². The van der Waals surface area contributed by atoms with Gasteiger partial charge in [-0.25, -0.2) is 8.42 Å². The van der Waals surface area contributed by atoms with E-state index in [0.717, 1.165) is 16.1 Å². The van der Waals surface area contributed by atoms with Gasteiger partial charge in [0.2, 0.25) is 21.8 Å². The van der Waals surface area contributed by atoms with Crippen LogP contribution in [0.25, 0.3) is 0 Å². The van der Waals surface area contributed by atoms with Crippen LogP contribution >= 0.6 is 0 Å². The molecule has 1 unspecified atom stereocenters. The molecule has 9 nitrogen and oxygen atoms in total. The second kappa shape index (κ2) is 12.8. The number of methoxy groups -OCH3 is 2. The minimum atomic E-state index is -3.88. The van der Waals surface area contributed by atoms with Gasteiger partial charge >= 0.3 is 0 Å². The van der Waals surface area contributed by atoms with E-state index in [9.17, 15) is 18.0 Å². The zero-order chi connectivity index (χ0) is 27.8. The fraction of sp³-hybridized carbons (Fsp3) is 0.481. The summed E-state index contributed by atoms with van der Waals surface area (Å²) in [5.74, 6) is -0.0554. The quantitative estimate of drug-likeness (QED) is 0.449. The molecule has 0 aliphatic rings.